The van der Waals surface area contributed by atoms with Crippen molar-refractivity contribution >= 4 is 5.97 Å². The summed E-state index contributed by atoms with van der Waals surface area (Å²) < 4.78 is 0. The van der Waals surface area contributed by atoms with Gasteiger partial charge in [0.15, 0.2) is 0 Å². The molecule has 0 aliphatic heterocycles. The van der Waals surface area contributed by atoms with E-state index in [0.717, 1.165) is 12.8 Å². The predicted molar refractivity (Wildman–Crippen MR) is 87.1 cm³/mol. The lowest BCUT2D eigenvalue weighted by Gasteiger charge is -2.00. The van der Waals surface area contributed by atoms with Gasteiger partial charge < -0.3 is 5.11 Å². The maximum atomic E-state index is 10.3. The Morgan fingerprint density at radius 2 is 1.20 bits per heavy atom. The second-order valence-electron chi connectivity index (χ2n) is 5.73. The van der Waals surface area contributed by atoms with Crippen molar-refractivity contribution in [2.45, 2.75) is 96.8 Å². The van der Waals surface area contributed by atoms with Gasteiger partial charge in [0.2, 0.25) is 0 Å². The van der Waals surface area contributed by atoms with Crippen molar-refractivity contribution < 1.29 is 9.90 Å². The molecule has 0 spiro atoms. The van der Waals surface area contributed by atoms with Crippen molar-refractivity contribution in [1.29, 1.82) is 0 Å². The van der Waals surface area contributed by atoms with Gasteiger partial charge in [-0.25, -0.2) is 0 Å². The fraction of sp³-hybridized carbons (Fsp3) is 0.833. The Balaban J connectivity index is 3.04. The minimum atomic E-state index is -0.659. The first-order chi connectivity index (χ1) is 9.77. The van der Waals surface area contributed by atoms with Gasteiger partial charge in [0.25, 0.3) is 0 Å². The summed E-state index contributed by atoms with van der Waals surface area (Å²) in [7, 11) is 0. The Hall–Kier alpha value is -0.790. The minimum absolute atomic E-state index is 0.338. The molecule has 0 rings (SSSR count). The van der Waals surface area contributed by atoms with E-state index in [1.165, 1.54) is 70.6 Å². The summed E-state index contributed by atoms with van der Waals surface area (Å²) in [6.45, 7) is 2.25. The Labute approximate surface area is 125 Å². The lowest BCUT2D eigenvalue weighted by molar-refractivity contribution is -0.137. The maximum Gasteiger partial charge on any atom is 0.303 e. The summed E-state index contributed by atoms with van der Waals surface area (Å²) >= 11 is 0. The second-order valence-corrected chi connectivity index (χ2v) is 5.73. The zero-order valence-electron chi connectivity index (χ0n) is 13.4. The van der Waals surface area contributed by atoms with Gasteiger partial charge in [0.05, 0.1) is 0 Å². The van der Waals surface area contributed by atoms with Crippen molar-refractivity contribution in [2.75, 3.05) is 0 Å². The highest BCUT2D eigenvalue weighted by atomic mass is 16.4. The number of carbonyl (C=O) groups is 1. The van der Waals surface area contributed by atoms with E-state index in [1.54, 1.807) is 0 Å². The molecule has 0 atom stereocenters. The quantitative estimate of drug-likeness (QED) is 0.291. The monoisotopic (exact) mass is 282 g/mol. The second kappa shape index (κ2) is 16.3. The average molecular weight is 282 g/mol. The molecule has 0 aromatic rings. The Bertz CT molecular complexity index is 234. The molecule has 0 aromatic carbocycles. The zero-order chi connectivity index (χ0) is 14.9. The summed E-state index contributed by atoms with van der Waals surface area (Å²) in [5.74, 6) is -0.659. The first-order valence-electron chi connectivity index (χ1n) is 8.64. The highest BCUT2D eigenvalue weighted by Crippen LogP contribution is 2.11. The zero-order valence-corrected chi connectivity index (χ0v) is 13.4. The molecule has 118 valence electrons. The molecule has 0 fully saturated rings. The lowest BCUT2D eigenvalue weighted by atomic mass is 10.1. The standard InChI is InChI=1S/C18H34O2/c1-2-3-4-5-6-7-8-9-10-11-12-13-14-15-16-17-18(19)20/h6-7H,2-5,8-17H2,1H3,(H,19,20)/b7-6+. The normalized spacial score (nSPS) is 11.2. The minimum Gasteiger partial charge on any atom is -0.481 e. The highest BCUT2D eigenvalue weighted by molar-refractivity contribution is 5.66. The van der Waals surface area contributed by atoms with Crippen molar-refractivity contribution in [3.63, 3.8) is 0 Å². The Morgan fingerprint density at radius 3 is 1.70 bits per heavy atom. The first-order valence-corrected chi connectivity index (χ1v) is 8.64. The SMILES string of the molecule is CCCCC/C=C/CCCCCCCCCCC(=O)O. The van der Waals surface area contributed by atoms with Crippen LogP contribution in [0.15, 0.2) is 12.2 Å². The largest absolute Gasteiger partial charge is 0.481 e. The molecule has 2 nitrogen and oxygen atoms in total. The van der Waals surface area contributed by atoms with Gasteiger partial charge in [-0.05, 0) is 32.1 Å². The van der Waals surface area contributed by atoms with Crippen LogP contribution in [0.4, 0.5) is 0 Å². The predicted octanol–water partition coefficient (Wildman–Crippen LogP) is 6.11. The van der Waals surface area contributed by atoms with E-state index >= 15 is 0 Å². The van der Waals surface area contributed by atoms with Crippen LogP contribution >= 0.6 is 0 Å². The molecule has 0 amide bonds. The summed E-state index contributed by atoms with van der Waals surface area (Å²) in [4.78, 5) is 10.3. The van der Waals surface area contributed by atoms with Crippen LogP contribution in [0.25, 0.3) is 0 Å². The smallest absolute Gasteiger partial charge is 0.303 e. The van der Waals surface area contributed by atoms with Gasteiger partial charge in [-0.3, -0.25) is 4.79 Å². The van der Waals surface area contributed by atoms with Gasteiger partial charge in [-0.1, -0.05) is 70.4 Å². The van der Waals surface area contributed by atoms with Crippen LogP contribution in [0.3, 0.4) is 0 Å². The Morgan fingerprint density at radius 1 is 0.750 bits per heavy atom. The van der Waals surface area contributed by atoms with Crippen molar-refractivity contribution in [2.24, 2.45) is 0 Å². The third-order valence-corrected chi connectivity index (χ3v) is 3.65. The van der Waals surface area contributed by atoms with Crippen LogP contribution in [-0.2, 0) is 4.79 Å². The number of unbranched alkanes of at least 4 members (excludes halogenated alkanes) is 11. The van der Waals surface area contributed by atoms with Crippen LogP contribution in [0.1, 0.15) is 96.8 Å². The van der Waals surface area contributed by atoms with Crippen LogP contribution in [-0.4, -0.2) is 11.1 Å². The topological polar surface area (TPSA) is 37.3 Å². The molecule has 0 saturated heterocycles. The van der Waals surface area contributed by atoms with Crippen molar-refractivity contribution in [3.05, 3.63) is 12.2 Å². The average Bonchev–Trinajstić information content (AvgIpc) is 2.43. The fourth-order valence-corrected chi connectivity index (χ4v) is 2.35. The van der Waals surface area contributed by atoms with E-state index < -0.39 is 5.97 Å². The lowest BCUT2D eigenvalue weighted by Crippen LogP contribution is -1.93. The van der Waals surface area contributed by atoms with E-state index in [9.17, 15) is 4.79 Å². The molecular weight excluding hydrogens is 248 g/mol. The molecule has 0 aromatic heterocycles. The van der Waals surface area contributed by atoms with Gasteiger partial charge in [-0.15, -0.1) is 0 Å². The highest BCUT2D eigenvalue weighted by Gasteiger charge is 1.96. The molecule has 0 aliphatic rings. The van der Waals surface area contributed by atoms with Crippen molar-refractivity contribution in [3.8, 4) is 0 Å². The number of hydrogen-bond acceptors (Lipinski definition) is 1. The Kier molecular flexibility index (Phi) is 15.6. The summed E-state index contributed by atoms with van der Waals surface area (Å²) in [5.41, 5.74) is 0. The molecule has 0 heterocycles. The number of hydrogen-bond donors (Lipinski definition) is 1. The maximum absolute atomic E-state index is 10.3. The summed E-state index contributed by atoms with van der Waals surface area (Å²) in [5, 5.41) is 8.51. The first kappa shape index (κ1) is 19.2. The molecule has 0 saturated carbocycles. The molecule has 0 bridgehead atoms. The van der Waals surface area contributed by atoms with E-state index in [-0.39, 0.29) is 0 Å². The molecule has 1 N–H and O–H groups in total. The molecule has 2 heteroatoms. The number of aliphatic carboxylic acids is 1. The van der Waals surface area contributed by atoms with E-state index in [0.29, 0.717) is 6.42 Å². The van der Waals surface area contributed by atoms with Crippen LogP contribution in [0.2, 0.25) is 0 Å². The molecule has 0 radical (unpaired) electrons. The van der Waals surface area contributed by atoms with Crippen LogP contribution in [0.5, 0.6) is 0 Å². The van der Waals surface area contributed by atoms with Gasteiger partial charge >= 0.3 is 5.97 Å². The molecule has 20 heavy (non-hydrogen) atoms. The third kappa shape index (κ3) is 17.2. The number of carboxylic acid groups (broad SMARTS) is 1. The van der Waals surface area contributed by atoms with Gasteiger partial charge in [0.1, 0.15) is 0 Å². The van der Waals surface area contributed by atoms with Gasteiger partial charge in [0, 0.05) is 6.42 Å². The summed E-state index contributed by atoms with van der Waals surface area (Å²) in [6.07, 6.45) is 21.2. The van der Waals surface area contributed by atoms with E-state index in [4.69, 9.17) is 5.11 Å². The number of carboxylic acids is 1. The molecular formula is C18H34O2. The molecule has 0 aliphatic carbocycles. The van der Waals surface area contributed by atoms with E-state index in [1.807, 2.05) is 0 Å². The van der Waals surface area contributed by atoms with Gasteiger partial charge in [-0.2, -0.15) is 0 Å². The summed E-state index contributed by atoms with van der Waals surface area (Å²) in [6, 6.07) is 0. The number of allylic oxidation sites excluding steroid dienone is 2. The number of rotatable bonds is 15. The van der Waals surface area contributed by atoms with E-state index in [2.05, 4.69) is 19.1 Å². The molecule has 0 unspecified atom stereocenters. The van der Waals surface area contributed by atoms with Crippen LogP contribution < -0.4 is 0 Å². The fourth-order valence-electron chi connectivity index (χ4n) is 2.35. The van der Waals surface area contributed by atoms with Crippen molar-refractivity contribution in [1.82, 2.24) is 0 Å². The third-order valence-electron chi connectivity index (χ3n) is 3.65. The van der Waals surface area contributed by atoms with Crippen LogP contribution in [0, 0.1) is 0 Å².